The van der Waals surface area contributed by atoms with Gasteiger partial charge in [0.25, 0.3) is 5.91 Å². The number of carbonyl (C=O) groups is 3. The molecule has 0 N–H and O–H groups in total. The molecule has 1 aliphatic carbocycles. The van der Waals surface area contributed by atoms with Gasteiger partial charge in [0, 0.05) is 25.6 Å². The molecule has 0 spiro atoms. The topological polar surface area (TPSA) is 66.9 Å². The van der Waals surface area contributed by atoms with Crippen LogP contribution in [0.2, 0.25) is 5.02 Å². The molecule has 0 unspecified atom stereocenters. The Labute approximate surface area is 176 Å². The van der Waals surface area contributed by atoms with Gasteiger partial charge in [-0.2, -0.15) is 0 Å². The van der Waals surface area contributed by atoms with E-state index < -0.39 is 5.97 Å². The van der Waals surface area contributed by atoms with E-state index in [1.54, 1.807) is 23.1 Å². The highest BCUT2D eigenvalue weighted by Gasteiger charge is 2.36. The third kappa shape index (κ3) is 4.27. The minimum Gasteiger partial charge on any atom is -0.452 e. The lowest BCUT2D eigenvalue weighted by Gasteiger charge is -2.44. The zero-order chi connectivity index (χ0) is 20.4. The number of benzene rings is 1. The van der Waals surface area contributed by atoms with Gasteiger partial charge in [0.2, 0.25) is 5.91 Å². The molecule has 1 aromatic rings. The molecular formula is C22H27ClN2O4. The van der Waals surface area contributed by atoms with Gasteiger partial charge >= 0.3 is 5.97 Å². The van der Waals surface area contributed by atoms with Crippen LogP contribution in [0.4, 0.5) is 5.69 Å². The highest BCUT2D eigenvalue weighted by Crippen LogP contribution is 2.35. The number of anilines is 1. The molecule has 2 heterocycles. The van der Waals surface area contributed by atoms with Crippen molar-refractivity contribution in [3.05, 3.63) is 28.8 Å². The van der Waals surface area contributed by atoms with Crippen molar-refractivity contribution in [1.82, 2.24) is 4.90 Å². The third-order valence-electron chi connectivity index (χ3n) is 6.44. The molecule has 0 radical (unpaired) electrons. The largest absolute Gasteiger partial charge is 0.452 e. The summed E-state index contributed by atoms with van der Waals surface area (Å²) in [6, 6.07) is 5.04. The van der Waals surface area contributed by atoms with E-state index in [0.717, 1.165) is 32.2 Å². The summed E-state index contributed by atoms with van der Waals surface area (Å²) >= 11 is 6.23. The number of amides is 2. The van der Waals surface area contributed by atoms with Gasteiger partial charge in [0.15, 0.2) is 6.61 Å². The number of piperidine rings is 1. The molecule has 1 aromatic carbocycles. The normalized spacial score (nSPS) is 24.4. The Hall–Kier alpha value is -2.08. The van der Waals surface area contributed by atoms with E-state index in [9.17, 15) is 14.4 Å². The first kappa shape index (κ1) is 20.2. The summed E-state index contributed by atoms with van der Waals surface area (Å²) in [5.41, 5.74) is 0.821. The van der Waals surface area contributed by atoms with Crippen molar-refractivity contribution in [1.29, 1.82) is 0 Å². The Kier molecular flexibility index (Phi) is 6.09. The van der Waals surface area contributed by atoms with E-state index >= 15 is 0 Å². The number of rotatable bonds is 4. The second-order valence-electron chi connectivity index (χ2n) is 8.23. The van der Waals surface area contributed by atoms with Crippen LogP contribution >= 0.6 is 11.6 Å². The monoisotopic (exact) mass is 418 g/mol. The molecule has 2 saturated heterocycles. The highest BCUT2D eigenvalue weighted by molar-refractivity contribution is 6.34. The first-order valence-electron chi connectivity index (χ1n) is 10.6. The van der Waals surface area contributed by atoms with E-state index in [-0.39, 0.29) is 18.4 Å². The summed E-state index contributed by atoms with van der Waals surface area (Å²) in [7, 11) is 0. The van der Waals surface area contributed by atoms with Crippen molar-refractivity contribution in [2.45, 2.75) is 57.4 Å². The first-order valence-corrected chi connectivity index (χ1v) is 11.0. The summed E-state index contributed by atoms with van der Waals surface area (Å²) in [5.74, 6) is -0.0901. The number of likely N-dealkylation sites (tertiary alicyclic amines) is 1. The molecule has 0 bridgehead atoms. The first-order chi connectivity index (χ1) is 14.0. The zero-order valence-electron chi connectivity index (χ0n) is 16.6. The molecule has 2 atom stereocenters. The fourth-order valence-electron chi connectivity index (χ4n) is 4.98. The van der Waals surface area contributed by atoms with E-state index in [1.165, 1.54) is 19.3 Å². The average molecular weight is 419 g/mol. The van der Waals surface area contributed by atoms with Gasteiger partial charge < -0.3 is 14.5 Å². The molecular weight excluding hydrogens is 392 g/mol. The molecule has 2 amide bonds. The number of ether oxygens (including phenoxy) is 1. The van der Waals surface area contributed by atoms with Crippen LogP contribution in [-0.4, -0.2) is 48.4 Å². The van der Waals surface area contributed by atoms with Gasteiger partial charge in [-0.15, -0.1) is 0 Å². The van der Waals surface area contributed by atoms with E-state index in [4.69, 9.17) is 16.3 Å². The Balaban J connectivity index is 1.39. The molecule has 6 nitrogen and oxygen atoms in total. The lowest BCUT2D eigenvalue weighted by molar-refractivity contribution is -0.140. The lowest BCUT2D eigenvalue weighted by atomic mass is 9.78. The molecule has 2 aliphatic heterocycles. The van der Waals surface area contributed by atoms with Crippen molar-refractivity contribution >= 4 is 35.1 Å². The number of fused-ring (bicyclic) bond motifs is 1. The van der Waals surface area contributed by atoms with Crippen LogP contribution in [0.3, 0.4) is 0 Å². The summed E-state index contributed by atoms with van der Waals surface area (Å²) < 4.78 is 5.33. The fourth-order valence-corrected chi connectivity index (χ4v) is 5.20. The van der Waals surface area contributed by atoms with Gasteiger partial charge in [0.1, 0.15) is 0 Å². The molecule has 156 valence electrons. The molecule has 4 rings (SSSR count). The maximum atomic E-state index is 12.7. The summed E-state index contributed by atoms with van der Waals surface area (Å²) in [5, 5.41) is 0.421. The summed E-state index contributed by atoms with van der Waals surface area (Å²) in [6.07, 6.45) is 8.12. The second kappa shape index (κ2) is 8.74. The van der Waals surface area contributed by atoms with Crippen LogP contribution in [0.25, 0.3) is 0 Å². The quantitative estimate of drug-likeness (QED) is 0.697. The maximum absolute atomic E-state index is 12.7. The third-order valence-corrected chi connectivity index (χ3v) is 6.76. The number of esters is 1. The zero-order valence-corrected chi connectivity index (χ0v) is 17.3. The van der Waals surface area contributed by atoms with Gasteiger partial charge in [-0.05, 0) is 56.2 Å². The Morgan fingerprint density at radius 2 is 1.86 bits per heavy atom. The van der Waals surface area contributed by atoms with Gasteiger partial charge in [0.05, 0.1) is 16.3 Å². The minimum atomic E-state index is -0.569. The minimum absolute atomic E-state index is 0.000250. The summed E-state index contributed by atoms with van der Waals surface area (Å²) in [4.78, 5) is 40.8. The number of carbonyl (C=O) groups excluding carboxylic acids is 3. The molecule has 7 heteroatoms. The van der Waals surface area contributed by atoms with Gasteiger partial charge in [-0.3, -0.25) is 9.59 Å². The van der Waals surface area contributed by atoms with Crippen LogP contribution < -0.4 is 4.90 Å². The number of halogens is 1. The van der Waals surface area contributed by atoms with Crippen LogP contribution in [0.15, 0.2) is 18.2 Å². The highest BCUT2D eigenvalue weighted by atomic mass is 35.5. The van der Waals surface area contributed by atoms with Crippen molar-refractivity contribution in [2.75, 3.05) is 24.6 Å². The average Bonchev–Trinajstić information content (AvgIpc) is 3.17. The van der Waals surface area contributed by atoms with Crippen LogP contribution in [0.5, 0.6) is 0 Å². The lowest BCUT2D eigenvalue weighted by Crippen LogP contribution is -2.50. The second-order valence-corrected chi connectivity index (χ2v) is 8.64. The predicted molar refractivity (Wildman–Crippen MR) is 110 cm³/mol. The number of nitrogens with zero attached hydrogens (tertiary/aromatic N) is 2. The van der Waals surface area contributed by atoms with E-state index in [0.29, 0.717) is 41.2 Å². The van der Waals surface area contributed by atoms with Crippen LogP contribution in [0, 0.1) is 5.92 Å². The predicted octanol–water partition coefficient (Wildman–Crippen LogP) is 3.80. The van der Waals surface area contributed by atoms with Gasteiger partial charge in [-0.25, -0.2) is 4.79 Å². The Bertz CT molecular complexity index is 810. The van der Waals surface area contributed by atoms with Crippen LogP contribution in [0.1, 0.15) is 61.7 Å². The molecule has 29 heavy (non-hydrogen) atoms. The number of hydrogen-bond acceptors (Lipinski definition) is 4. The van der Waals surface area contributed by atoms with Crippen molar-refractivity contribution in [3.63, 3.8) is 0 Å². The number of hydrogen-bond donors (Lipinski definition) is 0. The molecule has 3 aliphatic rings. The van der Waals surface area contributed by atoms with Crippen molar-refractivity contribution < 1.29 is 19.1 Å². The van der Waals surface area contributed by atoms with E-state index in [2.05, 4.69) is 0 Å². The standard InChI is InChI=1S/C22H27ClN2O4/c23-17-10-9-16(13-19(17)25-12-4-8-20(25)26)22(28)29-14-21(27)24-11-3-6-15-5-1-2-7-18(15)24/h9-10,13,15,18H,1-8,11-12,14H2/t15-,18+/m0/s1. The summed E-state index contributed by atoms with van der Waals surface area (Å²) in [6.45, 7) is 1.09. The van der Waals surface area contributed by atoms with E-state index in [1.807, 2.05) is 4.90 Å². The van der Waals surface area contributed by atoms with Crippen molar-refractivity contribution in [3.8, 4) is 0 Å². The molecule has 1 saturated carbocycles. The Morgan fingerprint density at radius 1 is 1.07 bits per heavy atom. The van der Waals surface area contributed by atoms with Crippen molar-refractivity contribution in [2.24, 2.45) is 5.92 Å². The fraction of sp³-hybridized carbons (Fsp3) is 0.591. The Morgan fingerprint density at radius 3 is 2.66 bits per heavy atom. The van der Waals surface area contributed by atoms with Gasteiger partial charge in [-0.1, -0.05) is 24.4 Å². The van der Waals surface area contributed by atoms with Crippen LogP contribution in [-0.2, 0) is 14.3 Å². The maximum Gasteiger partial charge on any atom is 0.338 e. The molecule has 0 aromatic heterocycles. The molecule has 3 fully saturated rings. The SMILES string of the molecule is O=C(OCC(=O)N1CCC[C@@H]2CCCC[C@H]21)c1ccc(Cl)c(N2CCCC2=O)c1. The smallest absolute Gasteiger partial charge is 0.338 e.